The lowest BCUT2D eigenvalue weighted by atomic mass is 10.0. The first kappa shape index (κ1) is 13.4. The molecular weight excluding hydrogens is 263 g/mol. The molecule has 1 aliphatic heterocycles. The van der Waals surface area contributed by atoms with Crippen LogP contribution in [0.15, 0.2) is 41.3 Å². The number of hydrogen-bond acceptors (Lipinski definition) is 5. The van der Waals surface area contributed by atoms with Gasteiger partial charge in [0, 0.05) is 17.8 Å². The Morgan fingerprint density at radius 3 is 2.90 bits per heavy atom. The second-order valence-corrected chi connectivity index (χ2v) is 3.98. The molecule has 0 fully saturated rings. The number of allylic oxidation sites excluding steroid dienone is 3. The number of nitrogens with zero attached hydrogens (tertiary/aromatic N) is 3. The van der Waals surface area contributed by atoms with Crippen LogP contribution in [-0.2, 0) is 0 Å². The van der Waals surface area contributed by atoms with E-state index in [2.05, 4.69) is 4.99 Å². The number of aliphatic imine (C=N–C) groups is 1. The number of anilines is 1. The average Bonchev–Trinajstić information content (AvgIpc) is 2.63. The van der Waals surface area contributed by atoms with E-state index in [1.54, 1.807) is 12.1 Å². The molecule has 0 bridgehead atoms. The molecule has 0 unspecified atom stereocenters. The fourth-order valence-electron chi connectivity index (χ4n) is 1.77. The van der Waals surface area contributed by atoms with Crippen molar-refractivity contribution in [3.63, 3.8) is 0 Å². The summed E-state index contributed by atoms with van der Waals surface area (Å²) in [7, 11) is 0. The first-order valence-electron chi connectivity index (χ1n) is 5.62. The van der Waals surface area contributed by atoms with Crippen LogP contribution in [0.1, 0.15) is 17.5 Å². The number of benzene rings is 1. The molecule has 2 N–H and O–H groups in total. The molecule has 1 aromatic rings. The van der Waals surface area contributed by atoms with Gasteiger partial charge in [0.2, 0.25) is 0 Å². The third-order valence-electron chi connectivity index (χ3n) is 2.71. The zero-order chi connectivity index (χ0) is 14.7. The predicted molar refractivity (Wildman–Crippen MR) is 71.7 cm³/mol. The second kappa shape index (κ2) is 5.32. The van der Waals surface area contributed by atoms with Gasteiger partial charge in [0.05, 0.1) is 16.6 Å². The highest BCUT2D eigenvalue weighted by Crippen LogP contribution is 2.30. The van der Waals surface area contributed by atoms with Crippen molar-refractivity contribution in [3.05, 3.63) is 57.6 Å². The summed E-state index contributed by atoms with van der Waals surface area (Å²) in [5, 5.41) is 19.8. The first-order chi connectivity index (χ1) is 9.54. The normalized spacial score (nSPS) is 14.0. The van der Waals surface area contributed by atoms with Crippen LogP contribution >= 0.6 is 0 Å². The Morgan fingerprint density at radius 2 is 2.25 bits per heavy atom. The van der Waals surface area contributed by atoms with Crippen LogP contribution in [0.3, 0.4) is 0 Å². The zero-order valence-electron chi connectivity index (χ0n) is 10.2. The van der Waals surface area contributed by atoms with Crippen LogP contribution in [0.2, 0.25) is 0 Å². The molecule has 1 heterocycles. The summed E-state index contributed by atoms with van der Waals surface area (Å²) >= 11 is 0. The smallest absolute Gasteiger partial charge is 0.294 e. The lowest BCUT2D eigenvalue weighted by molar-refractivity contribution is -0.383. The maximum absolute atomic E-state index is 13.9. The molecule has 100 valence electrons. The van der Waals surface area contributed by atoms with Gasteiger partial charge in [0.1, 0.15) is 17.2 Å². The van der Waals surface area contributed by atoms with Crippen molar-refractivity contribution in [3.8, 4) is 6.07 Å². The maximum Gasteiger partial charge on any atom is 0.294 e. The summed E-state index contributed by atoms with van der Waals surface area (Å²) in [6.07, 6.45) is 4.67. The minimum atomic E-state index is -0.714. The van der Waals surface area contributed by atoms with Crippen LogP contribution in [-0.4, -0.2) is 10.6 Å². The molecule has 20 heavy (non-hydrogen) atoms. The van der Waals surface area contributed by atoms with Gasteiger partial charge in [-0.15, -0.1) is 0 Å². The first-order valence-corrected chi connectivity index (χ1v) is 5.62. The number of nitro benzene ring substituents is 1. The fraction of sp³-hybridized carbons (Fsp3) is 0.0769. The van der Waals surface area contributed by atoms with E-state index in [1.165, 1.54) is 18.3 Å². The summed E-state index contributed by atoms with van der Waals surface area (Å²) in [6.45, 7) is 0. The molecule has 7 heteroatoms. The Balaban J connectivity index is 2.71. The van der Waals surface area contributed by atoms with Crippen LogP contribution in [0.25, 0.3) is 0 Å². The SMILES string of the molecule is N#Cc1cc(C2=NC=CCC=C2F)c(N)c([N+](=O)[O-])c1. The Morgan fingerprint density at radius 1 is 1.50 bits per heavy atom. The Kier molecular flexibility index (Phi) is 3.57. The molecule has 0 spiro atoms. The van der Waals surface area contributed by atoms with Crippen LogP contribution in [0.4, 0.5) is 15.8 Å². The minimum Gasteiger partial charge on any atom is -0.393 e. The largest absolute Gasteiger partial charge is 0.393 e. The molecule has 0 aliphatic carbocycles. The van der Waals surface area contributed by atoms with Crippen molar-refractivity contribution >= 4 is 17.1 Å². The zero-order valence-corrected chi connectivity index (χ0v) is 10.2. The van der Waals surface area contributed by atoms with Crippen LogP contribution in [0.5, 0.6) is 0 Å². The van der Waals surface area contributed by atoms with E-state index >= 15 is 0 Å². The Bertz CT molecular complexity index is 714. The number of rotatable bonds is 2. The highest BCUT2D eigenvalue weighted by atomic mass is 19.1. The standard InChI is InChI=1S/C13H9FN4O2/c14-10-3-1-2-4-17-13(10)9-5-8(7-15)6-11(12(9)16)18(19)20/h2-6H,1,16H2. The van der Waals surface area contributed by atoms with E-state index in [1.807, 2.05) is 0 Å². The monoisotopic (exact) mass is 272 g/mol. The van der Waals surface area contributed by atoms with Crippen molar-refractivity contribution < 1.29 is 9.31 Å². The number of nitro groups is 1. The van der Waals surface area contributed by atoms with Crippen LogP contribution < -0.4 is 5.73 Å². The third kappa shape index (κ3) is 2.40. The molecule has 1 aromatic carbocycles. The second-order valence-electron chi connectivity index (χ2n) is 3.98. The summed E-state index contributed by atoms with van der Waals surface area (Å²) < 4.78 is 13.9. The summed E-state index contributed by atoms with van der Waals surface area (Å²) in [4.78, 5) is 14.1. The van der Waals surface area contributed by atoms with E-state index in [9.17, 15) is 14.5 Å². The van der Waals surface area contributed by atoms with E-state index < -0.39 is 16.4 Å². The minimum absolute atomic E-state index is 0.0182. The van der Waals surface area contributed by atoms with Gasteiger partial charge in [-0.2, -0.15) is 5.26 Å². The van der Waals surface area contributed by atoms with Crippen LogP contribution in [0, 0.1) is 21.4 Å². The molecule has 0 aromatic heterocycles. The molecule has 0 saturated carbocycles. The topological polar surface area (TPSA) is 105 Å². The number of nitriles is 1. The fourth-order valence-corrected chi connectivity index (χ4v) is 1.77. The molecule has 2 rings (SSSR count). The number of halogens is 1. The van der Waals surface area contributed by atoms with Gasteiger partial charge in [0.15, 0.2) is 0 Å². The van der Waals surface area contributed by atoms with E-state index in [0.717, 1.165) is 6.07 Å². The summed E-state index contributed by atoms with van der Waals surface area (Å²) in [6, 6.07) is 4.12. The van der Waals surface area contributed by atoms with Gasteiger partial charge < -0.3 is 5.73 Å². The Hall–Kier alpha value is -3.01. The van der Waals surface area contributed by atoms with Crippen molar-refractivity contribution in [1.82, 2.24) is 0 Å². The molecule has 0 amide bonds. The average molecular weight is 272 g/mol. The number of nitrogens with two attached hydrogens (primary N) is 1. The molecule has 6 nitrogen and oxygen atoms in total. The quantitative estimate of drug-likeness (QED) is 0.507. The van der Waals surface area contributed by atoms with Crippen molar-refractivity contribution in [2.45, 2.75) is 6.42 Å². The van der Waals surface area contributed by atoms with Gasteiger partial charge in [-0.3, -0.25) is 15.1 Å². The van der Waals surface area contributed by atoms with E-state index in [-0.39, 0.29) is 22.5 Å². The van der Waals surface area contributed by atoms with Crippen molar-refractivity contribution in [2.75, 3.05) is 5.73 Å². The lowest BCUT2D eigenvalue weighted by Gasteiger charge is -2.08. The molecule has 0 saturated heterocycles. The lowest BCUT2D eigenvalue weighted by Crippen LogP contribution is -2.08. The summed E-state index contributed by atoms with van der Waals surface area (Å²) in [5.74, 6) is -0.633. The third-order valence-corrected chi connectivity index (χ3v) is 2.71. The maximum atomic E-state index is 13.9. The number of nitrogen functional groups attached to an aromatic ring is 1. The molecule has 0 atom stereocenters. The van der Waals surface area contributed by atoms with Gasteiger partial charge >= 0.3 is 0 Å². The highest BCUT2D eigenvalue weighted by Gasteiger charge is 2.22. The molecule has 1 aliphatic rings. The van der Waals surface area contributed by atoms with Gasteiger partial charge in [0.25, 0.3) is 5.69 Å². The van der Waals surface area contributed by atoms with Gasteiger partial charge in [-0.1, -0.05) is 6.08 Å². The van der Waals surface area contributed by atoms with E-state index in [0.29, 0.717) is 6.42 Å². The van der Waals surface area contributed by atoms with Gasteiger partial charge in [-0.25, -0.2) is 4.39 Å². The summed E-state index contributed by atoms with van der Waals surface area (Å²) in [5.41, 5.74) is 4.99. The van der Waals surface area contributed by atoms with Crippen molar-refractivity contribution in [2.24, 2.45) is 4.99 Å². The van der Waals surface area contributed by atoms with Gasteiger partial charge in [-0.05, 0) is 18.6 Å². The van der Waals surface area contributed by atoms with E-state index in [4.69, 9.17) is 11.0 Å². The highest BCUT2D eigenvalue weighted by molar-refractivity contribution is 6.15. The van der Waals surface area contributed by atoms with Crippen molar-refractivity contribution in [1.29, 1.82) is 5.26 Å². The molecular formula is C13H9FN4O2. The number of hydrogen-bond donors (Lipinski definition) is 1. The molecule has 0 radical (unpaired) electrons. The predicted octanol–water partition coefficient (Wildman–Crippen LogP) is 2.61. The Labute approximate surface area is 113 Å².